The molecule has 0 radical (unpaired) electrons. The molecule has 0 rings (SSSR count). The molecule has 0 aliphatic carbocycles. The molecule has 0 aromatic rings. The lowest BCUT2D eigenvalue weighted by Gasteiger charge is -2.22. The Bertz CT molecular complexity index is 304. The van der Waals surface area contributed by atoms with Crippen LogP contribution < -0.4 is 5.32 Å². The van der Waals surface area contributed by atoms with E-state index in [0.29, 0.717) is 6.42 Å². The molecule has 1 N–H and O–H groups in total. The number of alkyl carbamates (subject to hydrolysis) is 1. The van der Waals surface area contributed by atoms with Crippen LogP contribution in [0.15, 0.2) is 0 Å². The second kappa shape index (κ2) is 6.37. The molecule has 17 heavy (non-hydrogen) atoms. The predicted octanol–water partition coefficient (Wildman–Crippen LogP) is 1.84. The average molecular weight is 243 g/mol. The molecule has 0 bridgehead atoms. The van der Waals surface area contributed by atoms with Gasteiger partial charge >= 0.3 is 6.09 Å². The zero-order valence-corrected chi connectivity index (χ0v) is 11.1. The Kier molecular flexibility index (Phi) is 5.85. The number of rotatable bonds is 5. The van der Waals surface area contributed by atoms with Crippen LogP contribution in [0.2, 0.25) is 0 Å². The Morgan fingerprint density at radius 3 is 2.06 bits per heavy atom. The van der Waals surface area contributed by atoms with Crippen LogP contribution in [0.1, 0.15) is 47.5 Å². The maximum Gasteiger partial charge on any atom is 0.408 e. The highest BCUT2D eigenvalue weighted by atomic mass is 16.6. The average Bonchev–Trinajstić information content (AvgIpc) is 2.08. The maximum atomic E-state index is 11.4. The van der Waals surface area contributed by atoms with Crippen molar-refractivity contribution in [1.82, 2.24) is 5.32 Å². The van der Waals surface area contributed by atoms with Crippen molar-refractivity contribution in [3.63, 3.8) is 0 Å². The fourth-order valence-corrected chi connectivity index (χ4v) is 1.17. The number of nitrogens with one attached hydrogen (secondary N) is 1. The van der Waals surface area contributed by atoms with E-state index in [-0.39, 0.29) is 18.0 Å². The molecular formula is C12H21NO4. The minimum Gasteiger partial charge on any atom is -0.444 e. The van der Waals surface area contributed by atoms with Crippen LogP contribution in [0, 0.1) is 0 Å². The minimum atomic E-state index is -0.659. The molecule has 0 aromatic heterocycles. The quantitative estimate of drug-likeness (QED) is 0.799. The number of Topliss-reactive ketones (excluding diaryl/α,β-unsaturated/α-hetero) is 2. The van der Waals surface area contributed by atoms with E-state index in [4.69, 9.17) is 4.74 Å². The fraction of sp³-hybridized carbons (Fsp3) is 0.750. The summed E-state index contributed by atoms with van der Waals surface area (Å²) in [5.41, 5.74) is -0.605. The first-order chi connectivity index (χ1) is 7.61. The van der Waals surface area contributed by atoms with Crippen LogP contribution in [0.25, 0.3) is 0 Å². The number of ketones is 2. The number of hydrogen-bond acceptors (Lipinski definition) is 4. The van der Waals surface area contributed by atoms with E-state index < -0.39 is 17.7 Å². The molecule has 0 aliphatic rings. The van der Waals surface area contributed by atoms with Gasteiger partial charge < -0.3 is 14.8 Å². The van der Waals surface area contributed by atoms with E-state index in [2.05, 4.69) is 5.32 Å². The van der Waals surface area contributed by atoms with Crippen LogP contribution in [-0.2, 0) is 14.3 Å². The van der Waals surface area contributed by atoms with Gasteiger partial charge in [-0.2, -0.15) is 0 Å². The van der Waals surface area contributed by atoms with Crippen molar-refractivity contribution in [2.75, 3.05) is 0 Å². The Hall–Kier alpha value is -1.39. The van der Waals surface area contributed by atoms with Crippen LogP contribution in [0.5, 0.6) is 0 Å². The molecule has 0 fully saturated rings. The van der Waals surface area contributed by atoms with Gasteiger partial charge in [-0.25, -0.2) is 4.79 Å². The van der Waals surface area contributed by atoms with Gasteiger partial charge in [0.15, 0.2) is 5.78 Å². The zero-order chi connectivity index (χ0) is 13.6. The monoisotopic (exact) mass is 243 g/mol. The van der Waals surface area contributed by atoms with Gasteiger partial charge in [-0.1, -0.05) is 0 Å². The fourth-order valence-electron chi connectivity index (χ4n) is 1.17. The Morgan fingerprint density at radius 1 is 1.18 bits per heavy atom. The second-order valence-corrected chi connectivity index (χ2v) is 5.05. The van der Waals surface area contributed by atoms with Gasteiger partial charge in [-0.3, -0.25) is 4.79 Å². The van der Waals surface area contributed by atoms with Crippen LogP contribution >= 0.6 is 0 Å². The number of hydrogen-bond donors (Lipinski definition) is 1. The largest absolute Gasteiger partial charge is 0.444 e. The van der Waals surface area contributed by atoms with Crippen LogP contribution in [-0.4, -0.2) is 29.3 Å². The Labute approximate surface area is 102 Å². The van der Waals surface area contributed by atoms with Gasteiger partial charge in [0.25, 0.3) is 0 Å². The summed E-state index contributed by atoms with van der Waals surface area (Å²) < 4.78 is 5.04. The van der Waals surface area contributed by atoms with Crippen molar-refractivity contribution in [3.05, 3.63) is 0 Å². The summed E-state index contributed by atoms with van der Waals surface area (Å²) in [5.74, 6) is -0.195. The van der Waals surface area contributed by atoms with E-state index in [9.17, 15) is 14.4 Å². The minimum absolute atomic E-state index is 0.0118. The van der Waals surface area contributed by atoms with Gasteiger partial charge in [0.2, 0.25) is 0 Å². The molecule has 0 saturated heterocycles. The molecule has 5 heteroatoms. The van der Waals surface area contributed by atoms with Crippen molar-refractivity contribution < 1.29 is 19.1 Å². The third kappa shape index (κ3) is 8.42. The topological polar surface area (TPSA) is 72.5 Å². The molecule has 0 heterocycles. The SMILES string of the molecule is CC(=O)CCC(NC(=O)OC(C)(C)C)C(C)=O. The lowest BCUT2D eigenvalue weighted by Crippen LogP contribution is -2.42. The lowest BCUT2D eigenvalue weighted by molar-refractivity contribution is -0.120. The highest BCUT2D eigenvalue weighted by Gasteiger charge is 2.22. The third-order valence-corrected chi connectivity index (χ3v) is 1.97. The molecule has 0 aliphatic heterocycles. The highest BCUT2D eigenvalue weighted by molar-refractivity contribution is 5.86. The van der Waals surface area contributed by atoms with E-state index in [1.165, 1.54) is 13.8 Å². The summed E-state index contributed by atoms with van der Waals surface area (Å²) in [7, 11) is 0. The Balaban J connectivity index is 4.30. The van der Waals surface area contributed by atoms with Crippen LogP contribution in [0.3, 0.4) is 0 Å². The molecule has 1 amide bonds. The van der Waals surface area contributed by atoms with Crippen LogP contribution in [0.4, 0.5) is 4.79 Å². The van der Waals surface area contributed by atoms with Gasteiger partial charge in [0.1, 0.15) is 11.4 Å². The Morgan fingerprint density at radius 2 is 1.71 bits per heavy atom. The first kappa shape index (κ1) is 15.6. The summed E-state index contributed by atoms with van der Waals surface area (Å²) in [4.78, 5) is 33.6. The van der Waals surface area contributed by atoms with E-state index >= 15 is 0 Å². The molecule has 5 nitrogen and oxygen atoms in total. The zero-order valence-electron chi connectivity index (χ0n) is 11.1. The highest BCUT2D eigenvalue weighted by Crippen LogP contribution is 2.08. The molecule has 0 saturated carbocycles. The van der Waals surface area contributed by atoms with Crippen molar-refractivity contribution in [3.8, 4) is 0 Å². The van der Waals surface area contributed by atoms with E-state index in [1.54, 1.807) is 20.8 Å². The molecule has 0 aromatic carbocycles. The van der Waals surface area contributed by atoms with Crippen molar-refractivity contribution >= 4 is 17.7 Å². The number of carbonyl (C=O) groups is 3. The number of carbonyl (C=O) groups excluding carboxylic acids is 3. The van der Waals surface area contributed by atoms with Gasteiger partial charge in [-0.15, -0.1) is 0 Å². The van der Waals surface area contributed by atoms with Gasteiger partial charge in [0.05, 0.1) is 6.04 Å². The first-order valence-corrected chi connectivity index (χ1v) is 5.61. The molecular weight excluding hydrogens is 222 g/mol. The van der Waals surface area contributed by atoms with Gasteiger partial charge in [0, 0.05) is 6.42 Å². The van der Waals surface area contributed by atoms with Gasteiger partial charge in [-0.05, 0) is 41.0 Å². The predicted molar refractivity (Wildman–Crippen MR) is 63.8 cm³/mol. The first-order valence-electron chi connectivity index (χ1n) is 5.61. The maximum absolute atomic E-state index is 11.4. The summed E-state index contributed by atoms with van der Waals surface area (Å²) in [6, 6.07) is -0.659. The summed E-state index contributed by atoms with van der Waals surface area (Å²) in [6.07, 6.45) is -0.0644. The number of amides is 1. The summed E-state index contributed by atoms with van der Waals surface area (Å²) in [5, 5.41) is 2.47. The molecule has 1 unspecified atom stereocenters. The third-order valence-electron chi connectivity index (χ3n) is 1.97. The van der Waals surface area contributed by atoms with Crippen molar-refractivity contribution in [2.45, 2.75) is 59.1 Å². The lowest BCUT2D eigenvalue weighted by atomic mass is 10.1. The molecule has 98 valence electrons. The van der Waals surface area contributed by atoms with Crippen molar-refractivity contribution in [1.29, 1.82) is 0 Å². The van der Waals surface area contributed by atoms with Crippen molar-refractivity contribution in [2.24, 2.45) is 0 Å². The summed E-state index contributed by atoms with van der Waals surface area (Å²) >= 11 is 0. The van der Waals surface area contributed by atoms with E-state index in [0.717, 1.165) is 0 Å². The summed E-state index contributed by atoms with van der Waals surface area (Å²) in [6.45, 7) is 8.05. The number of ether oxygens (including phenoxy) is 1. The smallest absolute Gasteiger partial charge is 0.408 e. The van der Waals surface area contributed by atoms with E-state index in [1.807, 2.05) is 0 Å². The standard InChI is InChI=1S/C12H21NO4/c1-8(14)6-7-10(9(2)15)13-11(16)17-12(3,4)5/h10H,6-7H2,1-5H3,(H,13,16). The second-order valence-electron chi connectivity index (χ2n) is 5.05. The molecule has 1 atom stereocenters. The molecule has 0 spiro atoms. The normalized spacial score (nSPS) is 12.8.